The fraction of sp³-hybridized carbons (Fsp3) is 0.348. The molecule has 0 aliphatic carbocycles. The summed E-state index contributed by atoms with van der Waals surface area (Å²) in [7, 11) is 0. The van der Waals surface area contributed by atoms with Crippen molar-refractivity contribution in [2.75, 3.05) is 19.6 Å². The molecule has 5 nitrogen and oxygen atoms in total. The van der Waals surface area contributed by atoms with Gasteiger partial charge in [0.25, 0.3) is 17.7 Å². The summed E-state index contributed by atoms with van der Waals surface area (Å²) in [6.45, 7) is 1.85. The molecule has 4 rings (SSSR count). The maximum Gasteiger partial charge on any atom is 0.261 e. The molecule has 3 amide bonds. The minimum absolute atomic E-state index is 0.0484. The van der Waals surface area contributed by atoms with Crippen molar-refractivity contribution in [3.63, 3.8) is 0 Å². The molecule has 2 aliphatic heterocycles. The van der Waals surface area contributed by atoms with Gasteiger partial charge in [0.2, 0.25) is 0 Å². The first-order valence-corrected chi connectivity index (χ1v) is 9.98. The van der Waals surface area contributed by atoms with Crippen molar-refractivity contribution in [3.05, 3.63) is 70.8 Å². The second kappa shape index (κ2) is 7.97. The number of rotatable bonds is 4. The first kappa shape index (κ1) is 18.4. The Labute approximate surface area is 164 Å². The van der Waals surface area contributed by atoms with Crippen molar-refractivity contribution in [2.24, 2.45) is 0 Å². The summed E-state index contributed by atoms with van der Waals surface area (Å²) in [5, 5.41) is 0. The second-order valence-corrected chi connectivity index (χ2v) is 7.46. The van der Waals surface area contributed by atoms with Crippen LogP contribution in [-0.4, -0.2) is 47.2 Å². The van der Waals surface area contributed by atoms with E-state index < -0.39 is 0 Å². The zero-order valence-corrected chi connectivity index (χ0v) is 15.9. The Kier molecular flexibility index (Phi) is 5.24. The zero-order chi connectivity index (χ0) is 19.5. The van der Waals surface area contributed by atoms with E-state index in [0.29, 0.717) is 29.7 Å². The standard InChI is InChI=1S/C23H24N2O3/c26-21(24-13-6-1-2-7-14-24)18-10-11-19-20(16-18)23(28)25(22(19)27)15-12-17-8-4-3-5-9-17/h3-5,8-11,16H,1-2,6-7,12-15H2. The highest BCUT2D eigenvalue weighted by atomic mass is 16.2. The average molecular weight is 376 g/mol. The van der Waals surface area contributed by atoms with Crippen molar-refractivity contribution in [2.45, 2.75) is 32.1 Å². The monoisotopic (exact) mass is 376 g/mol. The molecule has 0 unspecified atom stereocenters. The van der Waals surface area contributed by atoms with Crippen molar-refractivity contribution in [3.8, 4) is 0 Å². The molecule has 2 aromatic rings. The number of nitrogens with zero attached hydrogens (tertiary/aromatic N) is 2. The van der Waals surface area contributed by atoms with Gasteiger partial charge in [0, 0.05) is 25.2 Å². The summed E-state index contributed by atoms with van der Waals surface area (Å²) >= 11 is 0. The lowest BCUT2D eigenvalue weighted by molar-refractivity contribution is 0.0655. The van der Waals surface area contributed by atoms with Gasteiger partial charge in [-0.05, 0) is 43.0 Å². The molecule has 0 aromatic heterocycles. The Bertz CT molecular complexity index is 899. The van der Waals surface area contributed by atoms with Gasteiger partial charge >= 0.3 is 0 Å². The summed E-state index contributed by atoms with van der Waals surface area (Å²) in [5.74, 6) is -0.626. The predicted molar refractivity (Wildman–Crippen MR) is 106 cm³/mol. The average Bonchev–Trinajstić information content (AvgIpc) is 2.92. The Balaban J connectivity index is 1.51. The maximum atomic E-state index is 12.8. The largest absolute Gasteiger partial charge is 0.339 e. The summed E-state index contributed by atoms with van der Waals surface area (Å²) in [6.07, 6.45) is 4.95. The molecule has 1 saturated heterocycles. The fourth-order valence-electron chi connectivity index (χ4n) is 3.97. The summed E-state index contributed by atoms with van der Waals surface area (Å²) < 4.78 is 0. The lowest BCUT2D eigenvalue weighted by Crippen LogP contribution is -2.32. The highest BCUT2D eigenvalue weighted by Crippen LogP contribution is 2.25. The minimum atomic E-state index is -0.304. The van der Waals surface area contributed by atoms with Gasteiger partial charge in [0.05, 0.1) is 11.1 Å². The third-order valence-corrected chi connectivity index (χ3v) is 5.58. The normalized spacial score (nSPS) is 16.9. The van der Waals surface area contributed by atoms with Crippen LogP contribution in [0.5, 0.6) is 0 Å². The van der Waals surface area contributed by atoms with Crippen LogP contribution < -0.4 is 0 Å². The Morgan fingerprint density at radius 1 is 0.821 bits per heavy atom. The topological polar surface area (TPSA) is 57.7 Å². The molecule has 2 aliphatic rings. The van der Waals surface area contributed by atoms with Gasteiger partial charge in [-0.15, -0.1) is 0 Å². The smallest absolute Gasteiger partial charge is 0.261 e. The fourth-order valence-corrected chi connectivity index (χ4v) is 3.97. The van der Waals surface area contributed by atoms with E-state index in [1.165, 1.54) is 4.90 Å². The first-order valence-electron chi connectivity index (χ1n) is 9.98. The second-order valence-electron chi connectivity index (χ2n) is 7.46. The van der Waals surface area contributed by atoms with Gasteiger partial charge in [-0.2, -0.15) is 0 Å². The number of likely N-dealkylation sites (tertiary alicyclic amines) is 1. The summed E-state index contributed by atoms with van der Waals surface area (Å²) in [5.41, 5.74) is 2.31. The van der Waals surface area contributed by atoms with Gasteiger partial charge in [-0.25, -0.2) is 0 Å². The maximum absolute atomic E-state index is 12.8. The molecule has 0 saturated carbocycles. The highest BCUT2D eigenvalue weighted by molar-refractivity contribution is 6.22. The molecule has 144 valence electrons. The van der Waals surface area contributed by atoms with E-state index in [4.69, 9.17) is 0 Å². The number of carbonyl (C=O) groups excluding carboxylic acids is 3. The molecule has 0 bridgehead atoms. The van der Waals surface area contributed by atoms with Crippen LogP contribution in [0.25, 0.3) is 0 Å². The lowest BCUT2D eigenvalue weighted by Gasteiger charge is -2.20. The molecule has 1 fully saturated rings. The molecule has 2 heterocycles. The predicted octanol–water partition coefficient (Wildman–Crippen LogP) is 3.54. The number of fused-ring (bicyclic) bond motifs is 1. The van der Waals surface area contributed by atoms with Crippen molar-refractivity contribution >= 4 is 17.7 Å². The van der Waals surface area contributed by atoms with E-state index in [9.17, 15) is 14.4 Å². The van der Waals surface area contributed by atoms with Gasteiger partial charge in [0.1, 0.15) is 0 Å². The quantitative estimate of drug-likeness (QED) is 0.767. The number of imide groups is 1. The molecule has 0 N–H and O–H groups in total. The van der Waals surface area contributed by atoms with Crippen LogP contribution in [0.3, 0.4) is 0 Å². The molecule has 0 atom stereocenters. The molecule has 5 heteroatoms. The van der Waals surface area contributed by atoms with E-state index >= 15 is 0 Å². The molecule has 28 heavy (non-hydrogen) atoms. The van der Waals surface area contributed by atoms with Crippen molar-refractivity contribution < 1.29 is 14.4 Å². The van der Waals surface area contributed by atoms with E-state index in [1.54, 1.807) is 18.2 Å². The van der Waals surface area contributed by atoms with Crippen LogP contribution in [0.4, 0.5) is 0 Å². The Morgan fingerprint density at radius 2 is 1.50 bits per heavy atom. The van der Waals surface area contributed by atoms with Crippen LogP contribution in [0.2, 0.25) is 0 Å². The number of benzene rings is 2. The van der Waals surface area contributed by atoms with E-state index in [0.717, 1.165) is 44.3 Å². The van der Waals surface area contributed by atoms with Gasteiger partial charge in [0.15, 0.2) is 0 Å². The van der Waals surface area contributed by atoms with E-state index in [-0.39, 0.29) is 17.7 Å². The Hall–Kier alpha value is -2.95. The molecule has 0 spiro atoms. The van der Waals surface area contributed by atoms with Gasteiger partial charge in [-0.1, -0.05) is 43.2 Å². The Morgan fingerprint density at radius 3 is 2.21 bits per heavy atom. The SMILES string of the molecule is O=C(c1ccc2c(c1)C(=O)N(CCc1ccccc1)C2=O)N1CCCCCC1. The molecule has 2 aromatic carbocycles. The van der Waals surface area contributed by atoms with Gasteiger partial charge < -0.3 is 4.90 Å². The van der Waals surface area contributed by atoms with Crippen molar-refractivity contribution in [1.29, 1.82) is 0 Å². The van der Waals surface area contributed by atoms with Crippen LogP contribution >= 0.6 is 0 Å². The number of carbonyl (C=O) groups is 3. The molecule has 0 radical (unpaired) electrons. The summed E-state index contributed by atoms with van der Waals surface area (Å²) in [4.78, 5) is 41.5. The summed E-state index contributed by atoms with van der Waals surface area (Å²) in [6, 6.07) is 14.7. The number of hydrogen-bond acceptors (Lipinski definition) is 3. The van der Waals surface area contributed by atoms with Crippen LogP contribution in [0.1, 0.15) is 62.3 Å². The third-order valence-electron chi connectivity index (χ3n) is 5.58. The van der Waals surface area contributed by atoms with Crippen LogP contribution in [0.15, 0.2) is 48.5 Å². The minimum Gasteiger partial charge on any atom is -0.339 e. The lowest BCUT2D eigenvalue weighted by atomic mass is 10.0. The molecular weight excluding hydrogens is 352 g/mol. The highest BCUT2D eigenvalue weighted by Gasteiger charge is 2.36. The van der Waals surface area contributed by atoms with Gasteiger partial charge in [-0.3, -0.25) is 19.3 Å². The molecular formula is C23H24N2O3. The van der Waals surface area contributed by atoms with E-state index in [1.807, 2.05) is 35.2 Å². The van der Waals surface area contributed by atoms with E-state index in [2.05, 4.69) is 0 Å². The number of hydrogen-bond donors (Lipinski definition) is 0. The first-order chi connectivity index (χ1) is 13.6. The third kappa shape index (κ3) is 3.57. The van der Waals surface area contributed by atoms with Crippen LogP contribution in [0, 0.1) is 0 Å². The number of amides is 3. The zero-order valence-electron chi connectivity index (χ0n) is 15.9. The van der Waals surface area contributed by atoms with Crippen molar-refractivity contribution in [1.82, 2.24) is 9.80 Å². The van der Waals surface area contributed by atoms with Crippen LogP contribution in [-0.2, 0) is 6.42 Å².